The van der Waals surface area contributed by atoms with Crippen molar-refractivity contribution >= 4 is 44.8 Å². The Morgan fingerprint density at radius 1 is 1.00 bits per heavy atom. The first-order valence-corrected chi connectivity index (χ1v) is 9.52. The predicted octanol–water partition coefficient (Wildman–Crippen LogP) is 4.72. The molecule has 2 heterocycles. The number of benzene rings is 2. The molecule has 0 atom stereocenters. The van der Waals surface area contributed by atoms with Gasteiger partial charge in [-0.05, 0) is 43.2 Å². The van der Waals surface area contributed by atoms with E-state index in [1.165, 1.54) is 19.3 Å². The number of hydrogen-bond donors (Lipinski definition) is 3. The Balaban J connectivity index is 1.45. The van der Waals surface area contributed by atoms with Crippen LogP contribution in [0.5, 0.6) is 0 Å². The van der Waals surface area contributed by atoms with Gasteiger partial charge in [0, 0.05) is 22.6 Å². The van der Waals surface area contributed by atoms with Crippen molar-refractivity contribution < 1.29 is 4.79 Å². The monoisotopic (exact) mass is 359 g/mol. The third-order valence-electron chi connectivity index (χ3n) is 5.30. The Bertz CT molecular complexity index is 1140. The van der Waals surface area contributed by atoms with Crippen LogP contribution in [0.4, 0.5) is 10.5 Å². The van der Waals surface area contributed by atoms with Crippen LogP contribution in [0.1, 0.15) is 32.1 Å². The van der Waals surface area contributed by atoms with Crippen molar-refractivity contribution in [2.24, 2.45) is 0 Å². The normalized spacial score (nSPS) is 15.4. The summed E-state index contributed by atoms with van der Waals surface area (Å²) in [6.45, 7) is 0. The van der Waals surface area contributed by atoms with Crippen LogP contribution in [0.3, 0.4) is 0 Å². The number of fused-ring (bicyclic) bond motifs is 4. The van der Waals surface area contributed by atoms with Crippen molar-refractivity contribution in [3.8, 4) is 0 Å². The number of aromatic amines is 1. The highest BCUT2D eigenvalue weighted by Crippen LogP contribution is 2.27. The largest absolute Gasteiger partial charge is 0.338 e. The van der Waals surface area contributed by atoms with E-state index in [0.29, 0.717) is 0 Å². The Morgan fingerprint density at radius 3 is 2.59 bits per heavy atom. The Kier molecular flexibility index (Phi) is 3.89. The number of carbonyl (C=O) groups is 1. The zero-order valence-corrected chi connectivity index (χ0v) is 15.0. The summed E-state index contributed by atoms with van der Waals surface area (Å²) in [4.78, 5) is 25.1. The van der Waals surface area contributed by atoms with Crippen LogP contribution >= 0.6 is 0 Å². The van der Waals surface area contributed by atoms with E-state index in [1.807, 2.05) is 42.5 Å². The molecule has 0 spiro atoms. The van der Waals surface area contributed by atoms with Gasteiger partial charge < -0.3 is 15.6 Å². The molecule has 2 aromatic carbocycles. The zero-order chi connectivity index (χ0) is 18.2. The lowest BCUT2D eigenvalue weighted by molar-refractivity contribution is 0.244. The number of nitrogens with one attached hydrogen (secondary N) is 3. The SMILES string of the molecule is O=C(Nc1ccc2[nH]c3nc4ccccc4nc3c2c1)NC1CCCCC1. The van der Waals surface area contributed by atoms with Gasteiger partial charge in [-0.15, -0.1) is 0 Å². The fourth-order valence-corrected chi connectivity index (χ4v) is 3.93. The molecule has 27 heavy (non-hydrogen) atoms. The molecule has 0 aliphatic heterocycles. The van der Waals surface area contributed by atoms with E-state index in [2.05, 4.69) is 20.6 Å². The minimum absolute atomic E-state index is 0.141. The van der Waals surface area contributed by atoms with Gasteiger partial charge in [-0.1, -0.05) is 31.4 Å². The number of carbonyl (C=O) groups excluding carboxylic acids is 1. The van der Waals surface area contributed by atoms with Gasteiger partial charge in [0.05, 0.1) is 11.0 Å². The fourth-order valence-electron chi connectivity index (χ4n) is 3.93. The number of anilines is 1. The Hall–Kier alpha value is -3.15. The molecule has 0 saturated heterocycles. The first-order chi connectivity index (χ1) is 13.3. The number of para-hydroxylation sites is 2. The van der Waals surface area contributed by atoms with Gasteiger partial charge in [-0.25, -0.2) is 14.8 Å². The molecule has 1 fully saturated rings. The number of H-pyrrole nitrogens is 1. The molecule has 0 bridgehead atoms. The standard InChI is InChI=1S/C21H21N5O/c27-21(22-13-6-2-1-3-7-13)23-14-10-11-16-15(12-14)19-20(25-16)26-18-9-5-4-8-17(18)24-19/h4-5,8-13H,1-3,6-7H2,(H,25,26)(H2,22,23,27). The highest BCUT2D eigenvalue weighted by molar-refractivity contribution is 6.07. The molecule has 2 amide bonds. The van der Waals surface area contributed by atoms with Gasteiger partial charge in [0.1, 0.15) is 5.52 Å². The fraction of sp³-hybridized carbons (Fsp3) is 0.286. The maximum Gasteiger partial charge on any atom is 0.319 e. The summed E-state index contributed by atoms with van der Waals surface area (Å²) in [7, 11) is 0. The number of amides is 2. The van der Waals surface area contributed by atoms with Crippen molar-refractivity contribution in [1.29, 1.82) is 0 Å². The number of nitrogens with zero attached hydrogens (tertiary/aromatic N) is 2. The molecule has 0 radical (unpaired) electrons. The molecule has 136 valence electrons. The average Bonchev–Trinajstić information content (AvgIpc) is 3.04. The molecule has 0 unspecified atom stereocenters. The smallest absolute Gasteiger partial charge is 0.319 e. The lowest BCUT2D eigenvalue weighted by Crippen LogP contribution is -2.38. The zero-order valence-electron chi connectivity index (χ0n) is 15.0. The lowest BCUT2D eigenvalue weighted by atomic mass is 9.96. The molecule has 3 N–H and O–H groups in total. The van der Waals surface area contributed by atoms with Crippen LogP contribution in [0, 0.1) is 0 Å². The summed E-state index contributed by atoms with van der Waals surface area (Å²) in [5.41, 5.74) is 5.01. The van der Waals surface area contributed by atoms with Crippen LogP contribution in [0.25, 0.3) is 33.1 Å². The van der Waals surface area contributed by atoms with E-state index in [1.54, 1.807) is 0 Å². The summed E-state index contributed by atoms with van der Waals surface area (Å²) < 4.78 is 0. The van der Waals surface area contributed by atoms with E-state index in [9.17, 15) is 4.79 Å². The van der Waals surface area contributed by atoms with Crippen molar-refractivity contribution in [3.05, 3.63) is 42.5 Å². The van der Waals surface area contributed by atoms with E-state index >= 15 is 0 Å². The summed E-state index contributed by atoms with van der Waals surface area (Å²) in [6.07, 6.45) is 5.79. The summed E-state index contributed by atoms with van der Waals surface area (Å²) in [5, 5.41) is 7.00. The number of hydrogen-bond acceptors (Lipinski definition) is 3. The molecule has 1 aliphatic carbocycles. The van der Waals surface area contributed by atoms with Crippen LogP contribution < -0.4 is 10.6 Å². The third kappa shape index (κ3) is 3.07. The molecular weight excluding hydrogens is 338 g/mol. The van der Waals surface area contributed by atoms with Crippen molar-refractivity contribution in [3.63, 3.8) is 0 Å². The second-order valence-corrected chi connectivity index (χ2v) is 7.23. The molecule has 1 saturated carbocycles. The van der Waals surface area contributed by atoms with Crippen molar-refractivity contribution in [1.82, 2.24) is 20.3 Å². The summed E-state index contributed by atoms with van der Waals surface area (Å²) in [5.74, 6) is 0. The van der Waals surface area contributed by atoms with Gasteiger partial charge >= 0.3 is 6.03 Å². The van der Waals surface area contributed by atoms with Gasteiger partial charge in [-0.3, -0.25) is 0 Å². The quantitative estimate of drug-likeness (QED) is 0.484. The number of rotatable bonds is 2. The maximum absolute atomic E-state index is 12.3. The molecule has 1 aliphatic rings. The van der Waals surface area contributed by atoms with Crippen LogP contribution in [0.2, 0.25) is 0 Å². The van der Waals surface area contributed by atoms with Crippen molar-refractivity contribution in [2.45, 2.75) is 38.1 Å². The van der Waals surface area contributed by atoms with E-state index in [4.69, 9.17) is 4.98 Å². The third-order valence-corrected chi connectivity index (χ3v) is 5.30. The van der Waals surface area contributed by atoms with Gasteiger partial charge in [0.25, 0.3) is 0 Å². The first-order valence-electron chi connectivity index (χ1n) is 9.52. The van der Waals surface area contributed by atoms with Gasteiger partial charge in [-0.2, -0.15) is 0 Å². The molecule has 4 aromatic rings. The molecule has 6 nitrogen and oxygen atoms in total. The molecule has 2 aromatic heterocycles. The Morgan fingerprint density at radius 2 is 1.78 bits per heavy atom. The maximum atomic E-state index is 12.3. The Labute approximate surface area is 156 Å². The summed E-state index contributed by atoms with van der Waals surface area (Å²) in [6, 6.07) is 13.8. The van der Waals surface area contributed by atoms with Gasteiger partial charge in [0.15, 0.2) is 5.65 Å². The highest BCUT2D eigenvalue weighted by atomic mass is 16.2. The summed E-state index contributed by atoms with van der Waals surface area (Å²) >= 11 is 0. The average molecular weight is 359 g/mol. The van der Waals surface area contributed by atoms with E-state index in [0.717, 1.165) is 51.6 Å². The second kappa shape index (κ2) is 6.54. The predicted molar refractivity (Wildman–Crippen MR) is 108 cm³/mol. The number of aromatic nitrogens is 3. The highest BCUT2D eigenvalue weighted by Gasteiger charge is 2.16. The van der Waals surface area contributed by atoms with Gasteiger partial charge in [0.2, 0.25) is 0 Å². The molecular formula is C21H21N5O. The topological polar surface area (TPSA) is 82.7 Å². The van der Waals surface area contributed by atoms with Crippen LogP contribution in [-0.4, -0.2) is 27.0 Å². The minimum atomic E-state index is -0.141. The number of urea groups is 1. The molecule has 5 rings (SSSR count). The minimum Gasteiger partial charge on any atom is -0.338 e. The van der Waals surface area contributed by atoms with Crippen LogP contribution in [0.15, 0.2) is 42.5 Å². The van der Waals surface area contributed by atoms with Crippen LogP contribution in [-0.2, 0) is 0 Å². The van der Waals surface area contributed by atoms with Crippen molar-refractivity contribution in [2.75, 3.05) is 5.32 Å². The lowest BCUT2D eigenvalue weighted by Gasteiger charge is -2.22. The first kappa shape index (κ1) is 16.1. The molecule has 6 heteroatoms. The second-order valence-electron chi connectivity index (χ2n) is 7.23. The van der Waals surface area contributed by atoms with E-state index in [-0.39, 0.29) is 12.1 Å². The van der Waals surface area contributed by atoms with E-state index < -0.39 is 0 Å².